The maximum atomic E-state index is 10.5. The van der Waals surface area contributed by atoms with Gasteiger partial charge in [-0.3, -0.25) is 4.79 Å². The van der Waals surface area contributed by atoms with Gasteiger partial charge in [-0.1, -0.05) is 13.3 Å². The molecule has 0 aliphatic carbocycles. The Morgan fingerprint density at radius 1 is 1.58 bits per heavy atom. The summed E-state index contributed by atoms with van der Waals surface area (Å²) in [6.07, 6.45) is 2.99. The summed E-state index contributed by atoms with van der Waals surface area (Å²) in [5.41, 5.74) is 0. The standard InChI is InChI=1S/C8H15NO2.ClH/c1-2-6-3-4-7(8(10)11)9-5-6;/h6-7,9H,2-5H2,1H3,(H,10,11);1H. The number of carboxylic acid groups (broad SMARTS) is 1. The molecule has 1 heterocycles. The molecule has 1 aliphatic rings. The number of halogens is 1. The topological polar surface area (TPSA) is 49.3 Å². The summed E-state index contributed by atoms with van der Waals surface area (Å²) in [6.45, 7) is 3.01. The van der Waals surface area contributed by atoms with Crippen LogP contribution in [0.2, 0.25) is 0 Å². The van der Waals surface area contributed by atoms with Crippen LogP contribution in [0.3, 0.4) is 0 Å². The third-order valence-electron chi connectivity index (χ3n) is 2.39. The monoisotopic (exact) mass is 193 g/mol. The summed E-state index contributed by atoms with van der Waals surface area (Å²) in [5, 5.41) is 11.7. The van der Waals surface area contributed by atoms with Crippen LogP contribution in [0.1, 0.15) is 26.2 Å². The van der Waals surface area contributed by atoms with Gasteiger partial charge in [0.05, 0.1) is 0 Å². The fourth-order valence-corrected chi connectivity index (χ4v) is 1.47. The highest BCUT2D eigenvalue weighted by molar-refractivity contribution is 5.85. The van der Waals surface area contributed by atoms with E-state index in [2.05, 4.69) is 12.2 Å². The Labute approximate surface area is 78.9 Å². The second kappa shape index (κ2) is 5.38. The molecule has 1 rings (SSSR count). The van der Waals surface area contributed by atoms with E-state index in [1.165, 1.54) is 0 Å². The van der Waals surface area contributed by atoms with Gasteiger partial charge in [-0.25, -0.2) is 0 Å². The average Bonchev–Trinajstić information content (AvgIpc) is 2.05. The van der Waals surface area contributed by atoms with Crippen molar-refractivity contribution in [1.29, 1.82) is 0 Å². The summed E-state index contributed by atoms with van der Waals surface area (Å²) >= 11 is 0. The quantitative estimate of drug-likeness (QED) is 0.695. The summed E-state index contributed by atoms with van der Waals surface area (Å²) in [4.78, 5) is 10.5. The maximum Gasteiger partial charge on any atom is 0.320 e. The number of aliphatic carboxylic acids is 1. The number of hydrogen-bond acceptors (Lipinski definition) is 2. The largest absolute Gasteiger partial charge is 0.480 e. The molecular formula is C8H16ClNO2. The van der Waals surface area contributed by atoms with Crippen molar-refractivity contribution in [3.05, 3.63) is 0 Å². The highest BCUT2D eigenvalue weighted by Gasteiger charge is 2.23. The Kier molecular flexibility index (Phi) is 5.25. The van der Waals surface area contributed by atoms with Gasteiger partial charge in [0.2, 0.25) is 0 Å². The first-order chi connectivity index (χ1) is 5.24. The zero-order chi connectivity index (χ0) is 8.27. The minimum atomic E-state index is -0.709. The average molecular weight is 194 g/mol. The van der Waals surface area contributed by atoms with Gasteiger partial charge < -0.3 is 10.4 Å². The fraction of sp³-hybridized carbons (Fsp3) is 0.875. The van der Waals surface area contributed by atoms with Gasteiger partial charge in [0, 0.05) is 0 Å². The van der Waals surface area contributed by atoms with Gasteiger partial charge in [-0.15, -0.1) is 12.4 Å². The molecule has 0 aromatic carbocycles. The van der Waals surface area contributed by atoms with Gasteiger partial charge in [0.25, 0.3) is 0 Å². The SMILES string of the molecule is CCC1CCC(C(=O)O)NC1.Cl. The van der Waals surface area contributed by atoms with E-state index in [9.17, 15) is 4.79 Å². The van der Waals surface area contributed by atoms with Crippen LogP contribution in [0, 0.1) is 5.92 Å². The molecule has 3 nitrogen and oxygen atoms in total. The molecule has 0 aromatic heterocycles. The van der Waals surface area contributed by atoms with Gasteiger partial charge >= 0.3 is 5.97 Å². The van der Waals surface area contributed by atoms with Gasteiger partial charge in [-0.2, -0.15) is 0 Å². The van der Waals surface area contributed by atoms with E-state index in [-0.39, 0.29) is 18.4 Å². The zero-order valence-electron chi connectivity index (χ0n) is 7.25. The van der Waals surface area contributed by atoms with Crippen LogP contribution < -0.4 is 5.32 Å². The molecule has 2 N–H and O–H groups in total. The van der Waals surface area contributed by atoms with E-state index in [0.717, 1.165) is 25.8 Å². The summed E-state index contributed by atoms with van der Waals surface area (Å²) in [5.74, 6) is -0.0230. The molecule has 2 unspecified atom stereocenters. The van der Waals surface area contributed by atoms with Crippen molar-refractivity contribution >= 4 is 18.4 Å². The molecule has 12 heavy (non-hydrogen) atoms. The first-order valence-corrected chi connectivity index (χ1v) is 4.20. The molecule has 0 spiro atoms. The van der Waals surface area contributed by atoms with Gasteiger partial charge in [0.1, 0.15) is 6.04 Å². The van der Waals surface area contributed by atoms with Crippen molar-refractivity contribution in [2.24, 2.45) is 5.92 Å². The van der Waals surface area contributed by atoms with Crippen molar-refractivity contribution in [2.75, 3.05) is 6.54 Å². The fourth-order valence-electron chi connectivity index (χ4n) is 1.47. The molecule has 0 radical (unpaired) electrons. The lowest BCUT2D eigenvalue weighted by Gasteiger charge is -2.26. The van der Waals surface area contributed by atoms with E-state index in [4.69, 9.17) is 5.11 Å². The number of rotatable bonds is 2. The number of piperidine rings is 1. The molecule has 0 amide bonds. The molecule has 2 atom stereocenters. The van der Waals surface area contributed by atoms with Gasteiger partial charge in [-0.05, 0) is 25.3 Å². The Morgan fingerprint density at radius 3 is 2.58 bits per heavy atom. The van der Waals surface area contributed by atoms with Gasteiger partial charge in [0.15, 0.2) is 0 Å². The predicted octanol–water partition coefficient (Wildman–Crippen LogP) is 1.27. The summed E-state index contributed by atoms with van der Waals surface area (Å²) < 4.78 is 0. The highest BCUT2D eigenvalue weighted by Crippen LogP contribution is 2.16. The lowest BCUT2D eigenvalue weighted by Crippen LogP contribution is -2.43. The maximum absolute atomic E-state index is 10.5. The molecule has 0 saturated carbocycles. The van der Waals surface area contributed by atoms with E-state index in [1.54, 1.807) is 0 Å². The van der Waals surface area contributed by atoms with Crippen LogP contribution in [0.5, 0.6) is 0 Å². The summed E-state index contributed by atoms with van der Waals surface area (Å²) in [6, 6.07) is -0.294. The van der Waals surface area contributed by atoms with E-state index < -0.39 is 5.97 Å². The molecule has 1 aliphatic heterocycles. The Bertz CT molecular complexity index is 144. The first-order valence-electron chi connectivity index (χ1n) is 4.20. The van der Waals surface area contributed by atoms with E-state index in [0.29, 0.717) is 5.92 Å². The smallest absolute Gasteiger partial charge is 0.320 e. The van der Waals surface area contributed by atoms with Crippen molar-refractivity contribution in [3.8, 4) is 0 Å². The lowest BCUT2D eigenvalue weighted by atomic mass is 9.93. The second-order valence-electron chi connectivity index (χ2n) is 3.15. The van der Waals surface area contributed by atoms with Crippen molar-refractivity contribution in [2.45, 2.75) is 32.2 Å². The Balaban J connectivity index is 0.00000121. The molecule has 0 bridgehead atoms. The molecule has 72 valence electrons. The number of carbonyl (C=O) groups is 1. The zero-order valence-corrected chi connectivity index (χ0v) is 8.06. The van der Waals surface area contributed by atoms with E-state index in [1.807, 2.05) is 0 Å². The van der Waals surface area contributed by atoms with Crippen molar-refractivity contribution in [1.82, 2.24) is 5.32 Å². The predicted molar refractivity (Wildman–Crippen MR) is 49.7 cm³/mol. The molecule has 0 aromatic rings. The minimum absolute atomic E-state index is 0. The lowest BCUT2D eigenvalue weighted by molar-refractivity contribution is -0.140. The molecule has 4 heteroatoms. The van der Waals surface area contributed by atoms with Crippen LogP contribution in [-0.2, 0) is 4.79 Å². The molecule has 1 fully saturated rings. The number of carboxylic acids is 1. The summed E-state index contributed by atoms with van der Waals surface area (Å²) in [7, 11) is 0. The van der Waals surface area contributed by atoms with Crippen LogP contribution in [0.25, 0.3) is 0 Å². The molecular weight excluding hydrogens is 178 g/mol. The van der Waals surface area contributed by atoms with Crippen LogP contribution in [0.15, 0.2) is 0 Å². The Morgan fingerprint density at radius 2 is 2.25 bits per heavy atom. The highest BCUT2D eigenvalue weighted by atomic mass is 35.5. The van der Waals surface area contributed by atoms with Crippen molar-refractivity contribution < 1.29 is 9.90 Å². The van der Waals surface area contributed by atoms with Crippen molar-refractivity contribution in [3.63, 3.8) is 0 Å². The third kappa shape index (κ3) is 2.99. The van der Waals surface area contributed by atoms with Crippen LogP contribution in [0.4, 0.5) is 0 Å². The second-order valence-corrected chi connectivity index (χ2v) is 3.15. The van der Waals surface area contributed by atoms with Crippen LogP contribution in [-0.4, -0.2) is 23.7 Å². The van der Waals surface area contributed by atoms with Crippen LogP contribution >= 0.6 is 12.4 Å². The molecule has 1 saturated heterocycles. The van der Waals surface area contributed by atoms with E-state index >= 15 is 0 Å². The number of nitrogens with one attached hydrogen (secondary N) is 1. The number of hydrogen-bond donors (Lipinski definition) is 2. The minimum Gasteiger partial charge on any atom is -0.480 e. The first kappa shape index (κ1) is 11.7. The third-order valence-corrected chi connectivity index (χ3v) is 2.39. The Hall–Kier alpha value is -0.280. The normalized spacial score (nSPS) is 29.1.